The highest BCUT2D eigenvalue weighted by molar-refractivity contribution is 9.10. The summed E-state index contributed by atoms with van der Waals surface area (Å²) in [5, 5.41) is 2.18. The van der Waals surface area contributed by atoms with Gasteiger partial charge in [-0.3, -0.25) is 10.2 Å². The maximum Gasteiger partial charge on any atom is 0.261 e. The summed E-state index contributed by atoms with van der Waals surface area (Å²) < 4.78 is 1.09. The molecule has 140 valence electrons. The number of nitrogens with zero attached hydrogens (tertiary/aromatic N) is 1. The Morgan fingerprint density at radius 1 is 0.963 bits per heavy atom. The summed E-state index contributed by atoms with van der Waals surface area (Å²) in [6.45, 7) is 0.821. The van der Waals surface area contributed by atoms with Crippen LogP contribution in [0, 0.1) is 0 Å². The first kappa shape index (κ1) is 18.5. The van der Waals surface area contributed by atoms with Gasteiger partial charge in [0.2, 0.25) is 0 Å². The Hall–Kier alpha value is -1.91. The summed E-state index contributed by atoms with van der Waals surface area (Å²) >= 11 is 3.49. The summed E-state index contributed by atoms with van der Waals surface area (Å²) in [5.41, 5.74) is 8.21. The zero-order valence-electron chi connectivity index (χ0n) is 15.5. The molecule has 1 aliphatic carbocycles. The van der Waals surface area contributed by atoms with Gasteiger partial charge in [-0.05, 0) is 67.4 Å². The molecule has 0 saturated heterocycles. The van der Waals surface area contributed by atoms with Crippen LogP contribution in [-0.2, 0) is 17.6 Å². The van der Waals surface area contributed by atoms with E-state index in [4.69, 9.17) is 0 Å². The van der Waals surface area contributed by atoms with Gasteiger partial charge in [-0.15, -0.1) is 0 Å². The second-order valence-corrected chi connectivity index (χ2v) is 8.34. The SMILES string of the molecule is O=C1NN(CCc2ccc(Br)cc2)C(Cc2ccccc2)C2=C1CCCC2. The average molecular weight is 425 g/mol. The van der Waals surface area contributed by atoms with Crippen LogP contribution in [0.4, 0.5) is 0 Å². The lowest BCUT2D eigenvalue weighted by Gasteiger charge is -2.40. The standard InChI is InChI=1S/C23H25BrN2O/c24-19-12-10-17(11-13-19)14-15-26-22(16-18-6-2-1-3-7-18)20-8-4-5-9-21(20)23(27)25-26/h1-3,6-7,10-13,22H,4-5,8-9,14-16H2,(H,25,27). The van der Waals surface area contributed by atoms with Crippen LogP contribution in [0.3, 0.4) is 0 Å². The molecular weight excluding hydrogens is 400 g/mol. The van der Waals surface area contributed by atoms with Crippen LogP contribution in [0.15, 0.2) is 70.2 Å². The molecular formula is C23H25BrN2O. The molecule has 0 fully saturated rings. The molecule has 1 unspecified atom stereocenters. The fourth-order valence-electron chi connectivity index (χ4n) is 4.20. The van der Waals surface area contributed by atoms with E-state index >= 15 is 0 Å². The molecule has 1 amide bonds. The number of hydrogen-bond donors (Lipinski definition) is 1. The molecule has 1 aliphatic heterocycles. The first-order valence-electron chi connectivity index (χ1n) is 9.78. The molecule has 3 nitrogen and oxygen atoms in total. The van der Waals surface area contributed by atoms with Crippen molar-refractivity contribution in [2.75, 3.05) is 6.54 Å². The molecule has 0 saturated carbocycles. The highest BCUT2D eigenvalue weighted by Crippen LogP contribution is 2.33. The molecule has 0 aromatic heterocycles. The summed E-state index contributed by atoms with van der Waals surface area (Å²) in [6, 6.07) is 19.3. The van der Waals surface area contributed by atoms with E-state index in [-0.39, 0.29) is 11.9 Å². The number of hydrogen-bond acceptors (Lipinski definition) is 2. The van der Waals surface area contributed by atoms with E-state index in [1.54, 1.807) is 0 Å². The summed E-state index contributed by atoms with van der Waals surface area (Å²) in [4.78, 5) is 12.7. The Balaban J connectivity index is 1.57. The third kappa shape index (κ3) is 4.33. The van der Waals surface area contributed by atoms with Gasteiger partial charge in [0.25, 0.3) is 5.91 Å². The number of amides is 1. The molecule has 2 aromatic carbocycles. The molecule has 2 aromatic rings. The Morgan fingerprint density at radius 3 is 2.48 bits per heavy atom. The van der Waals surface area contributed by atoms with Crippen LogP contribution >= 0.6 is 15.9 Å². The minimum atomic E-state index is 0.116. The number of benzene rings is 2. The monoisotopic (exact) mass is 424 g/mol. The Bertz CT molecular complexity index is 829. The highest BCUT2D eigenvalue weighted by Gasteiger charge is 2.34. The smallest absolute Gasteiger partial charge is 0.261 e. The lowest BCUT2D eigenvalue weighted by Crippen LogP contribution is -2.55. The summed E-state index contributed by atoms with van der Waals surface area (Å²) in [6.07, 6.45) is 6.16. The van der Waals surface area contributed by atoms with Crippen molar-refractivity contribution in [3.8, 4) is 0 Å². The maximum atomic E-state index is 12.7. The normalized spacial score (nSPS) is 20.3. The van der Waals surface area contributed by atoms with Crippen LogP contribution in [0.2, 0.25) is 0 Å². The number of hydrazine groups is 1. The van der Waals surface area contributed by atoms with Crippen LogP contribution in [0.25, 0.3) is 0 Å². The predicted molar refractivity (Wildman–Crippen MR) is 112 cm³/mol. The molecule has 1 N–H and O–H groups in total. The zero-order chi connectivity index (χ0) is 18.6. The van der Waals surface area contributed by atoms with Crippen molar-refractivity contribution in [2.24, 2.45) is 0 Å². The third-order valence-corrected chi connectivity index (χ3v) is 6.16. The Morgan fingerprint density at radius 2 is 1.70 bits per heavy atom. The van der Waals surface area contributed by atoms with Crippen molar-refractivity contribution in [3.63, 3.8) is 0 Å². The van der Waals surface area contributed by atoms with Crippen molar-refractivity contribution in [3.05, 3.63) is 81.3 Å². The molecule has 0 bridgehead atoms. The minimum absolute atomic E-state index is 0.116. The minimum Gasteiger partial charge on any atom is -0.284 e. The van der Waals surface area contributed by atoms with Gasteiger partial charge in [0.1, 0.15) is 0 Å². The van der Waals surface area contributed by atoms with E-state index in [1.807, 2.05) is 0 Å². The van der Waals surface area contributed by atoms with Gasteiger partial charge in [0.15, 0.2) is 0 Å². The molecule has 27 heavy (non-hydrogen) atoms. The van der Waals surface area contributed by atoms with E-state index in [0.717, 1.165) is 48.7 Å². The number of carbonyl (C=O) groups is 1. The second kappa shape index (κ2) is 8.41. The van der Waals surface area contributed by atoms with E-state index in [9.17, 15) is 4.79 Å². The maximum absolute atomic E-state index is 12.7. The first-order valence-corrected chi connectivity index (χ1v) is 10.6. The van der Waals surface area contributed by atoms with Crippen LogP contribution < -0.4 is 5.43 Å². The van der Waals surface area contributed by atoms with Crippen LogP contribution in [0.5, 0.6) is 0 Å². The van der Waals surface area contributed by atoms with E-state index in [0.29, 0.717) is 0 Å². The molecule has 0 spiro atoms. The van der Waals surface area contributed by atoms with Gasteiger partial charge in [-0.2, -0.15) is 0 Å². The number of rotatable bonds is 5. The molecule has 0 radical (unpaired) electrons. The quantitative estimate of drug-likeness (QED) is 0.745. The summed E-state index contributed by atoms with van der Waals surface area (Å²) in [7, 11) is 0. The largest absolute Gasteiger partial charge is 0.284 e. The van der Waals surface area contributed by atoms with Crippen LogP contribution in [0.1, 0.15) is 36.8 Å². The van der Waals surface area contributed by atoms with E-state index < -0.39 is 0 Å². The summed E-state index contributed by atoms with van der Waals surface area (Å²) in [5.74, 6) is 0.116. The Kier molecular flexibility index (Phi) is 5.74. The molecule has 4 heteroatoms. The Labute approximate surface area is 169 Å². The highest BCUT2D eigenvalue weighted by atomic mass is 79.9. The van der Waals surface area contributed by atoms with Crippen LogP contribution in [-0.4, -0.2) is 23.5 Å². The zero-order valence-corrected chi connectivity index (χ0v) is 17.0. The molecule has 1 atom stereocenters. The fraction of sp³-hybridized carbons (Fsp3) is 0.348. The van der Waals surface area contributed by atoms with Crippen molar-refractivity contribution in [1.29, 1.82) is 0 Å². The van der Waals surface area contributed by atoms with Gasteiger partial charge in [-0.25, -0.2) is 5.01 Å². The first-order chi connectivity index (χ1) is 13.2. The lowest BCUT2D eigenvalue weighted by atomic mass is 9.83. The number of nitrogens with one attached hydrogen (secondary N) is 1. The van der Waals surface area contributed by atoms with Gasteiger partial charge in [0.05, 0.1) is 6.04 Å². The molecule has 1 heterocycles. The third-order valence-electron chi connectivity index (χ3n) is 5.63. The van der Waals surface area contributed by atoms with Gasteiger partial charge in [-0.1, -0.05) is 58.4 Å². The van der Waals surface area contributed by atoms with Gasteiger partial charge < -0.3 is 0 Å². The van der Waals surface area contributed by atoms with Crippen molar-refractivity contribution >= 4 is 21.8 Å². The topological polar surface area (TPSA) is 32.3 Å². The average Bonchev–Trinajstić information content (AvgIpc) is 2.71. The van der Waals surface area contributed by atoms with Crippen molar-refractivity contribution in [1.82, 2.24) is 10.4 Å². The lowest BCUT2D eigenvalue weighted by molar-refractivity contribution is -0.124. The second-order valence-electron chi connectivity index (χ2n) is 7.43. The predicted octanol–water partition coefficient (Wildman–Crippen LogP) is 4.82. The van der Waals surface area contributed by atoms with E-state index in [1.165, 1.54) is 23.1 Å². The number of carbonyl (C=O) groups excluding carboxylic acids is 1. The van der Waals surface area contributed by atoms with Gasteiger partial charge >= 0.3 is 0 Å². The number of halogens is 1. The van der Waals surface area contributed by atoms with Crippen molar-refractivity contribution < 1.29 is 4.79 Å². The fourth-order valence-corrected chi connectivity index (χ4v) is 4.47. The van der Waals surface area contributed by atoms with Crippen molar-refractivity contribution in [2.45, 2.75) is 44.6 Å². The molecule has 2 aliphatic rings. The molecule has 4 rings (SSSR count). The van der Waals surface area contributed by atoms with E-state index in [2.05, 4.69) is 81.0 Å². The van der Waals surface area contributed by atoms with Gasteiger partial charge in [0, 0.05) is 16.6 Å².